The second-order valence-corrected chi connectivity index (χ2v) is 7.25. The summed E-state index contributed by atoms with van der Waals surface area (Å²) in [5.41, 5.74) is 0. The Bertz CT molecular complexity index is 530. The minimum atomic E-state index is -3.47. The summed E-state index contributed by atoms with van der Waals surface area (Å²) in [6.45, 7) is 1.38. The number of hydrogen-bond donors (Lipinski definition) is 2. The van der Waals surface area contributed by atoms with E-state index in [0.717, 1.165) is 19.4 Å². The van der Waals surface area contributed by atoms with E-state index in [1.165, 1.54) is 12.1 Å². The molecule has 2 N–H and O–H groups in total. The van der Waals surface area contributed by atoms with Crippen molar-refractivity contribution in [3.8, 4) is 0 Å². The van der Waals surface area contributed by atoms with E-state index >= 15 is 0 Å². The van der Waals surface area contributed by atoms with Crippen molar-refractivity contribution in [1.82, 2.24) is 10.0 Å². The molecule has 4 nitrogen and oxygen atoms in total. The largest absolute Gasteiger partial charge is 0.313 e. The van der Waals surface area contributed by atoms with Crippen molar-refractivity contribution >= 4 is 37.6 Å². The molecular formula is C11H14BrClN2O2S. The molecule has 1 unspecified atom stereocenters. The van der Waals surface area contributed by atoms with Gasteiger partial charge in [-0.3, -0.25) is 0 Å². The fourth-order valence-electron chi connectivity index (χ4n) is 1.87. The van der Waals surface area contributed by atoms with E-state index < -0.39 is 10.0 Å². The van der Waals surface area contributed by atoms with Gasteiger partial charge in [-0.25, -0.2) is 13.1 Å². The fraction of sp³-hybridized carbons (Fsp3) is 0.455. The lowest BCUT2D eigenvalue weighted by atomic mass is 10.2. The summed E-state index contributed by atoms with van der Waals surface area (Å²) in [5.74, 6) is 0. The molecule has 7 heteroatoms. The van der Waals surface area contributed by atoms with Gasteiger partial charge >= 0.3 is 0 Å². The van der Waals surface area contributed by atoms with Crippen LogP contribution in [0.4, 0.5) is 0 Å². The summed E-state index contributed by atoms with van der Waals surface area (Å²) in [5, 5.41) is 3.74. The van der Waals surface area contributed by atoms with Crippen molar-refractivity contribution in [2.24, 2.45) is 0 Å². The van der Waals surface area contributed by atoms with E-state index in [0.29, 0.717) is 16.0 Å². The second-order valence-electron chi connectivity index (χ2n) is 4.22. The Kier molecular flexibility index (Phi) is 4.66. The maximum absolute atomic E-state index is 12.0. The van der Waals surface area contributed by atoms with Gasteiger partial charge in [-0.1, -0.05) is 11.6 Å². The molecule has 2 rings (SSSR count). The van der Waals surface area contributed by atoms with Gasteiger partial charge in [0.1, 0.15) is 0 Å². The Morgan fingerprint density at radius 3 is 2.89 bits per heavy atom. The Labute approximate surface area is 120 Å². The highest BCUT2D eigenvalue weighted by molar-refractivity contribution is 9.10. The molecule has 1 aromatic rings. The van der Waals surface area contributed by atoms with Crippen molar-refractivity contribution in [2.45, 2.75) is 23.8 Å². The molecule has 1 atom stereocenters. The standard InChI is InChI=1S/C11H14BrClN2O2S/c12-10-6-9(3-4-11(10)13)18(16,17)15-7-8-2-1-5-14-8/h3-4,6,8,14-15H,1-2,5,7H2. The van der Waals surface area contributed by atoms with Crippen LogP contribution < -0.4 is 10.0 Å². The zero-order valence-corrected chi connectivity index (χ0v) is 12.8. The first-order valence-electron chi connectivity index (χ1n) is 5.67. The fourth-order valence-corrected chi connectivity index (χ4v) is 3.62. The highest BCUT2D eigenvalue weighted by Crippen LogP contribution is 2.25. The van der Waals surface area contributed by atoms with Gasteiger partial charge in [-0.05, 0) is 53.5 Å². The van der Waals surface area contributed by atoms with Crippen LogP contribution in [0.2, 0.25) is 5.02 Å². The Morgan fingerprint density at radius 2 is 2.28 bits per heavy atom. The second kappa shape index (κ2) is 5.88. The predicted molar refractivity (Wildman–Crippen MR) is 75.4 cm³/mol. The number of sulfonamides is 1. The lowest BCUT2D eigenvalue weighted by Crippen LogP contribution is -2.37. The van der Waals surface area contributed by atoms with Crippen molar-refractivity contribution in [1.29, 1.82) is 0 Å². The molecule has 0 saturated carbocycles. The third-order valence-electron chi connectivity index (χ3n) is 2.88. The molecule has 1 aromatic carbocycles. The van der Waals surface area contributed by atoms with E-state index in [2.05, 4.69) is 26.0 Å². The summed E-state index contributed by atoms with van der Waals surface area (Å²) in [6.07, 6.45) is 2.10. The minimum Gasteiger partial charge on any atom is -0.313 e. The van der Waals surface area contributed by atoms with Gasteiger partial charge in [0.2, 0.25) is 10.0 Å². The maximum Gasteiger partial charge on any atom is 0.240 e. The molecular weight excluding hydrogens is 340 g/mol. The Morgan fingerprint density at radius 1 is 1.50 bits per heavy atom. The molecule has 18 heavy (non-hydrogen) atoms. The monoisotopic (exact) mass is 352 g/mol. The van der Waals surface area contributed by atoms with Crippen LogP contribution in [0, 0.1) is 0 Å². The normalized spacial score (nSPS) is 20.2. The van der Waals surface area contributed by atoms with Crippen LogP contribution in [0.3, 0.4) is 0 Å². The van der Waals surface area contributed by atoms with Crippen LogP contribution in [0.5, 0.6) is 0 Å². The summed E-state index contributed by atoms with van der Waals surface area (Å²) in [4.78, 5) is 0.219. The lowest BCUT2D eigenvalue weighted by molar-refractivity contribution is 0.552. The third-order valence-corrected chi connectivity index (χ3v) is 5.52. The number of halogens is 2. The van der Waals surface area contributed by atoms with Crippen molar-refractivity contribution < 1.29 is 8.42 Å². The highest BCUT2D eigenvalue weighted by Gasteiger charge is 2.19. The van der Waals surface area contributed by atoms with E-state index in [4.69, 9.17) is 11.6 Å². The summed E-state index contributed by atoms with van der Waals surface area (Å²) in [6, 6.07) is 4.80. The third kappa shape index (κ3) is 3.45. The van der Waals surface area contributed by atoms with Crippen LogP contribution in [0.15, 0.2) is 27.6 Å². The van der Waals surface area contributed by atoms with Gasteiger partial charge < -0.3 is 5.32 Å². The van der Waals surface area contributed by atoms with Crippen LogP contribution in [-0.2, 0) is 10.0 Å². The average Bonchev–Trinajstić information content (AvgIpc) is 2.83. The first kappa shape index (κ1) is 14.3. The topological polar surface area (TPSA) is 58.2 Å². The minimum absolute atomic E-state index is 0.219. The molecule has 1 fully saturated rings. The quantitative estimate of drug-likeness (QED) is 0.872. The van der Waals surface area contributed by atoms with E-state index in [1.807, 2.05) is 0 Å². The van der Waals surface area contributed by atoms with Crippen LogP contribution >= 0.6 is 27.5 Å². The molecule has 1 saturated heterocycles. The van der Waals surface area contributed by atoms with Gasteiger partial charge in [-0.15, -0.1) is 0 Å². The summed E-state index contributed by atoms with van der Waals surface area (Å²) >= 11 is 9.06. The van der Waals surface area contributed by atoms with Crippen molar-refractivity contribution in [2.75, 3.05) is 13.1 Å². The number of benzene rings is 1. The van der Waals surface area contributed by atoms with Crippen LogP contribution in [0.1, 0.15) is 12.8 Å². The van der Waals surface area contributed by atoms with E-state index in [1.54, 1.807) is 6.07 Å². The molecule has 100 valence electrons. The van der Waals surface area contributed by atoms with Gasteiger partial charge in [0.05, 0.1) is 9.92 Å². The van der Waals surface area contributed by atoms with Crippen molar-refractivity contribution in [3.05, 3.63) is 27.7 Å². The van der Waals surface area contributed by atoms with Crippen LogP contribution in [0.25, 0.3) is 0 Å². The molecule has 1 heterocycles. The average molecular weight is 354 g/mol. The molecule has 0 amide bonds. The Balaban J connectivity index is 2.07. The summed E-state index contributed by atoms with van der Waals surface area (Å²) < 4.78 is 27.3. The smallest absolute Gasteiger partial charge is 0.240 e. The molecule has 1 aliphatic heterocycles. The molecule has 0 spiro atoms. The van der Waals surface area contributed by atoms with Gasteiger partial charge in [0.15, 0.2) is 0 Å². The van der Waals surface area contributed by atoms with E-state index in [9.17, 15) is 8.42 Å². The van der Waals surface area contributed by atoms with Gasteiger partial charge in [0.25, 0.3) is 0 Å². The van der Waals surface area contributed by atoms with E-state index in [-0.39, 0.29) is 10.9 Å². The molecule has 1 aliphatic rings. The first-order valence-corrected chi connectivity index (χ1v) is 8.32. The van der Waals surface area contributed by atoms with Gasteiger partial charge in [-0.2, -0.15) is 0 Å². The first-order chi connectivity index (χ1) is 8.49. The molecule has 0 radical (unpaired) electrons. The number of nitrogens with one attached hydrogen (secondary N) is 2. The van der Waals surface area contributed by atoms with Crippen molar-refractivity contribution in [3.63, 3.8) is 0 Å². The molecule has 0 aromatic heterocycles. The zero-order chi connectivity index (χ0) is 13.2. The number of hydrogen-bond acceptors (Lipinski definition) is 3. The number of rotatable bonds is 4. The Hall–Kier alpha value is -0.140. The lowest BCUT2D eigenvalue weighted by Gasteiger charge is -2.12. The predicted octanol–water partition coefficient (Wildman–Crippen LogP) is 2.13. The SMILES string of the molecule is O=S(=O)(NCC1CCCN1)c1ccc(Cl)c(Br)c1. The van der Waals surface area contributed by atoms with Gasteiger partial charge in [0, 0.05) is 17.1 Å². The molecule has 0 bridgehead atoms. The maximum atomic E-state index is 12.0. The zero-order valence-electron chi connectivity index (χ0n) is 9.62. The van der Waals surface area contributed by atoms with Crippen LogP contribution in [-0.4, -0.2) is 27.5 Å². The summed E-state index contributed by atoms with van der Waals surface area (Å²) in [7, 11) is -3.47. The highest BCUT2D eigenvalue weighted by atomic mass is 79.9. The molecule has 0 aliphatic carbocycles.